The standard InChI is InChI=1S/C23H29FN3O9P.C12H15FN2O3.C11H13FN2O5.BHO2PS.H18P17/c1-5-23(19(29)18(24)20(35-23)27-12-11-17(28)25-22(27)31)13-33-37(32,36-16-9-7-6-8-10-16)26-15(4)21(30)34-14(2)3;1-4-12(3)7(2)9(13)10(18-12)15-6-5-8(16)14-11(15)17;1-2-11(5-15)8(17)7(12)9(19-11)14-4-3-6(16)13-10(14)18;1-4(2)5-3;1-10-15(11(2)3)17(14(8)9)16(12(4)5)13(6)7/h5-12,14-15,18-20,29H,1,13H2,2-4H3,(H,26,32)(H,25,28,31);4-7,9-10H,1H2,2-3H3,(H,14,16,17);2-4,7-9,15,17H,1,5H2,(H,13,16,18);2H;1-9H2/q;;;+1;-1/t15-,18+,19-,20+,23+,37?;7-,9+,10+,12-;7-,8+,9-,11-;;/m001../s1/i;3T;;;/hD. The zero-order chi connectivity index (χ0) is 74.5. The summed E-state index contributed by atoms with van der Waals surface area (Å²) in [6.45, 7) is 14.4. The molecule has 13 unspecified atom stereocenters. The molecule has 0 aliphatic carbocycles. The monoisotopic (exact) mass is 1720 g/mol. The number of nitrogens with zero attached hydrogens (tertiary/aromatic N) is 3. The second-order valence-corrected chi connectivity index (χ2v) is 87.4. The molecule has 0 bridgehead atoms. The molecular weight excluding hydrogens is 1640 g/mol. The van der Waals surface area contributed by atoms with Gasteiger partial charge in [-0.15, -0.1) is 91.2 Å². The third-order valence-electron chi connectivity index (χ3n) is 13.2. The molecule has 3 saturated heterocycles. The minimum Gasteiger partial charge on any atom is -0.471 e. The molecule has 0 spiro atoms. The van der Waals surface area contributed by atoms with Crippen LogP contribution in [0.1, 0.15) is 54.6 Å². The van der Waals surface area contributed by atoms with Crippen LogP contribution < -0.4 is 43.4 Å². The van der Waals surface area contributed by atoms with Gasteiger partial charge in [0.05, 0.1) is 24.9 Å². The summed E-state index contributed by atoms with van der Waals surface area (Å²) in [5.74, 6) is -1.21. The number of alkyl halides is 3. The Bertz CT molecular complexity index is 3670. The summed E-state index contributed by atoms with van der Waals surface area (Å²) in [5, 5.41) is 32.1. The fourth-order valence-electron chi connectivity index (χ4n) is 8.22. The van der Waals surface area contributed by atoms with Crippen LogP contribution in [0.15, 0.2) is 134 Å². The first kappa shape index (κ1) is 87.7. The molecule has 3 aliphatic heterocycles. The van der Waals surface area contributed by atoms with Gasteiger partial charge in [-0.3, -0.25) is 61.3 Å². The third-order valence-corrected chi connectivity index (χ3v) is 115. The van der Waals surface area contributed by atoms with E-state index >= 15 is 4.39 Å². The van der Waals surface area contributed by atoms with Crippen LogP contribution in [0.5, 0.6) is 5.75 Å². The van der Waals surface area contributed by atoms with Crippen LogP contribution >= 0.6 is 152 Å². The number of carbonyl (C=O) groups excluding carboxylic acids is 1. The summed E-state index contributed by atoms with van der Waals surface area (Å²) >= 11 is 0. The quantitative estimate of drug-likeness (QED) is 0.0140. The molecule has 26 nitrogen and oxygen atoms in total. The summed E-state index contributed by atoms with van der Waals surface area (Å²) in [4.78, 5) is 90.6. The van der Waals surface area contributed by atoms with Crippen LogP contribution in [0.2, 0.25) is 0 Å². The highest BCUT2D eigenvalue weighted by molar-refractivity contribution is 9.31. The van der Waals surface area contributed by atoms with Crippen molar-refractivity contribution in [2.24, 2.45) is 5.92 Å². The van der Waals surface area contributed by atoms with Gasteiger partial charge >= 0.3 is 49.2 Å². The minimum atomic E-state index is -4.39. The number of hydrogen-bond acceptors (Lipinski definition) is 19. The van der Waals surface area contributed by atoms with Crippen molar-refractivity contribution in [3.05, 3.63) is 168 Å². The van der Waals surface area contributed by atoms with Gasteiger partial charge in [0.15, 0.2) is 37.2 Å². The van der Waals surface area contributed by atoms with Crippen molar-refractivity contribution in [1.82, 2.24) is 33.7 Å². The van der Waals surface area contributed by atoms with Gasteiger partial charge in [0, 0.05) is 44.1 Å². The smallest absolute Gasteiger partial charge is 0.471 e. The number of hydrogen-bond donors (Lipinski definition) is 8. The first-order valence-electron chi connectivity index (χ1n) is 28.0. The van der Waals surface area contributed by atoms with Crippen LogP contribution in [-0.2, 0) is 43.7 Å². The first-order valence-corrected chi connectivity index (χ1v) is 60.9. The predicted molar refractivity (Wildman–Crippen MR) is 422 cm³/mol. The number of ether oxygens (including phenoxy) is 4. The number of aliphatic hydroxyl groups excluding tert-OH is 3. The van der Waals surface area contributed by atoms with Crippen molar-refractivity contribution in [2.45, 2.75) is 113 Å². The molecule has 50 heteroatoms. The summed E-state index contributed by atoms with van der Waals surface area (Å²) in [6, 6.07) is 9.91. The maximum Gasteiger partial charge on any atom is 0.512 e. The Morgan fingerprint density at radius 3 is 1.55 bits per heavy atom. The Labute approximate surface area is 589 Å². The Morgan fingerprint density at radius 1 is 0.792 bits per heavy atom. The number of rotatable bonds is 24. The molecule has 4 aromatic rings. The normalized spacial score (nSPS) is 27.3. The topological polar surface area (TPSA) is 364 Å². The van der Waals surface area contributed by atoms with E-state index in [0.717, 1.165) is 56.4 Å². The molecular formula is C46H76BF3N7O19P19S. The number of esters is 1. The largest absolute Gasteiger partial charge is 0.512 e. The zero-order valence-corrected chi connectivity index (χ0v) is 71.3. The van der Waals surface area contributed by atoms with E-state index in [9.17, 15) is 66.4 Å². The Kier molecular flexibility index (Phi) is 38.8. The van der Waals surface area contributed by atoms with Crippen molar-refractivity contribution < 1.29 is 76.3 Å². The van der Waals surface area contributed by atoms with E-state index in [2.05, 4.69) is 110 Å². The molecule has 2 radical (unpaired) electrons. The van der Waals surface area contributed by atoms with Crippen LogP contribution in [-0.4, -0.2) is 141 Å². The minimum absolute atomic E-state index is 0.0583. The van der Waals surface area contributed by atoms with Gasteiger partial charge in [0.1, 0.15) is 35.2 Å². The van der Waals surface area contributed by atoms with Gasteiger partial charge in [-0.2, -0.15) is 21.2 Å². The summed E-state index contributed by atoms with van der Waals surface area (Å²) in [5.41, 5.74) is -9.26. The van der Waals surface area contributed by atoms with Crippen molar-refractivity contribution in [1.29, 1.82) is 1.43 Å². The number of para-hydroxylation sites is 1. The van der Waals surface area contributed by atoms with Crippen LogP contribution in [0.25, 0.3) is 0 Å². The molecule has 6 heterocycles. The van der Waals surface area contributed by atoms with E-state index in [0.29, 0.717) is 0 Å². The summed E-state index contributed by atoms with van der Waals surface area (Å²) < 4.78 is 115. The highest BCUT2D eigenvalue weighted by atomic mass is 33.4. The van der Waals surface area contributed by atoms with Gasteiger partial charge in [-0.1, -0.05) is 50.3 Å². The lowest BCUT2D eigenvalue weighted by atomic mass is 9.89. The zero-order valence-electron chi connectivity index (χ0n) is 53.2. The van der Waals surface area contributed by atoms with E-state index in [1.54, 1.807) is 46.9 Å². The fourth-order valence-corrected chi connectivity index (χ4v) is 193. The van der Waals surface area contributed by atoms with Crippen molar-refractivity contribution in [3.8, 4) is 5.75 Å². The van der Waals surface area contributed by atoms with Crippen LogP contribution in [0, 0.1) is 5.92 Å². The van der Waals surface area contributed by atoms with Crippen LogP contribution in [0.3, 0.4) is 0 Å². The molecule has 7 rings (SSSR count). The lowest BCUT2D eigenvalue weighted by molar-refractivity contribution is -0.149. The first-order chi connectivity index (χ1) is 45.8. The Hall–Kier alpha value is 1.10. The third kappa shape index (κ3) is 25.4. The van der Waals surface area contributed by atoms with E-state index in [1.165, 1.54) is 31.3 Å². The lowest BCUT2D eigenvalue weighted by Crippen LogP contribution is -2.45. The van der Waals surface area contributed by atoms with Gasteiger partial charge in [0.2, 0.25) is 0 Å². The number of aliphatic hydroxyl groups is 3. The molecule has 3 aromatic heterocycles. The van der Waals surface area contributed by atoms with E-state index in [-0.39, 0.29) is 72.4 Å². The maximum absolute atomic E-state index is 15.1. The summed E-state index contributed by atoms with van der Waals surface area (Å²) in [7, 11) is 29.9. The molecule has 0 saturated carbocycles. The van der Waals surface area contributed by atoms with Crippen LogP contribution in [0.4, 0.5) is 13.2 Å². The molecule has 8 N–H and O–H groups in total. The molecule has 0 amide bonds. The average Bonchev–Trinajstić information content (AvgIpc) is 1.63. The molecule has 1 aromatic carbocycles. The van der Waals surface area contributed by atoms with Gasteiger partial charge in [-0.25, -0.2) is 32.1 Å². The molecule has 26 atom stereocenters. The fraction of sp³-hybridized carbons (Fsp3) is 0.457. The number of H-pyrrole nitrogens is 3. The number of halogens is 3. The molecule has 96 heavy (non-hydrogen) atoms. The molecule has 3 fully saturated rings. The molecule has 534 valence electrons. The van der Waals surface area contributed by atoms with Gasteiger partial charge < -0.3 is 46.7 Å². The average molecular weight is 1720 g/mol. The highest BCUT2D eigenvalue weighted by Crippen LogP contribution is 3.25. The SMILES string of the molecule is C=C[C@]1(CO)O[C@@H](n2ccc(=O)[nH]c2=O)[C@H](F)[C@@H]1O.C=C[C@]1(COP(=O)(N[C@@H](C)C(=O)OC(C)C)Oc2ccccc2)O[C@@H](n2ccc(=O)[nH]c2=O)[C@H](F)[C@@H]1O.P[P-]P(P(P)P)P(P(P)P)P(P(P)P)P(P)P.[2H]O[P+]([B])=S=O.[3H]C[C@@]1(C=C)O[C@@H](n2ccc(=O)[nH]c2=O)[C@H](F)[C@@H]1C. The molecule has 3 aliphatic rings. The number of benzene rings is 1. The van der Waals surface area contributed by atoms with E-state index in [1.807, 2.05) is 15.0 Å². The number of carbonyl (C=O) groups is 1. The summed E-state index contributed by atoms with van der Waals surface area (Å²) in [6.07, 6.45) is -7.09. The Balaban J connectivity index is 0.000000349. The van der Waals surface area contributed by atoms with Gasteiger partial charge in [-0.05, 0) is 74.7 Å². The number of aromatic nitrogens is 6. The predicted octanol–water partition coefficient (Wildman–Crippen LogP) is 10.9. The van der Waals surface area contributed by atoms with E-state index in [4.69, 9.17) is 38.4 Å². The highest BCUT2D eigenvalue weighted by Gasteiger charge is 2.57. The van der Waals surface area contributed by atoms with Crippen molar-refractivity contribution >= 4 is 176 Å². The second-order valence-electron chi connectivity index (χ2n) is 20.0. The Morgan fingerprint density at radius 2 is 1.23 bits per heavy atom. The second kappa shape index (κ2) is 42.4. The lowest BCUT2D eigenvalue weighted by Gasteiger charge is -2.48. The van der Waals surface area contributed by atoms with Gasteiger partial charge in [0.25, 0.3) is 24.9 Å². The number of aromatic amines is 3. The maximum atomic E-state index is 15.1. The van der Waals surface area contributed by atoms with Crippen molar-refractivity contribution in [2.75, 3.05) is 13.2 Å². The van der Waals surface area contributed by atoms with E-state index < -0.39 is 152 Å². The van der Waals surface area contributed by atoms with Crippen molar-refractivity contribution in [3.63, 3.8) is 0 Å². The number of nitrogens with one attached hydrogen (secondary N) is 4.